The first kappa shape index (κ1) is 15.1. The van der Waals surface area contributed by atoms with Gasteiger partial charge in [-0.2, -0.15) is 5.10 Å². The van der Waals surface area contributed by atoms with E-state index in [0.29, 0.717) is 0 Å². The summed E-state index contributed by atoms with van der Waals surface area (Å²) in [5.74, 6) is 2.57. The second kappa shape index (κ2) is 6.24. The van der Waals surface area contributed by atoms with Crippen LogP contribution in [0.3, 0.4) is 0 Å². The van der Waals surface area contributed by atoms with Gasteiger partial charge in [-0.05, 0) is 45.0 Å². The van der Waals surface area contributed by atoms with Gasteiger partial charge in [-0.3, -0.25) is 9.58 Å². The van der Waals surface area contributed by atoms with Crippen LogP contribution < -0.4 is 5.32 Å². The number of furan rings is 1. The summed E-state index contributed by atoms with van der Waals surface area (Å²) in [5, 5.41) is 8.75. The predicted molar refractivity (Wildman–Crippen MR) is 91.8 cm³/mol. The molecule has 7 heteroatoms. The van der Waals surface area contributed by atoms with Crippen molar-refractivity contribution in [3.05, 3.63) is 36.2 Å². The quantitative estimate of drug-likeness (QED) is 0.777. The fourth-order valence-electron chi connectivity index (χ4n) is 3.40. The molecule has 1 N–H and O–H groups in total. The van der Waals surface area contributed by atoms with E-state index in [1.807, 2.05) is 26.2 Å². The third kappa shape index (κ3) is 2.75. The van der Waals surface area contributed by atoms with E-state index in [-0.39, 0.29) is 6.04 Å². The lowest BCUT2D eigenvalue weighted by Gasteiger charge is -2.26. The van der Waals surface area contributed by atoms with Crippen molar-refractivity contribution < 1.29 is 4.42 Å². The number of likely N-dealkylation sites (tertiary alicyclic amines) is 1. The van der Waals surface area contributed by atoms with Gasteiger partial charge in [0.15, 0.2) is 5.65 Å². The number of anilines is 1. The summed E-state index contributed by atoms with van der Waals surface area (Å²) in [4.78, 5) is 11.5. The topological polar surface area (TPSA) is 72.0 Å². The smallest absolute Gasteiger partial charge is 0.163 e. The SMILES string of the molecule is Cc1nc(NC[C@H](c2ccco2)N2CCCC2)c2cnn(C)c2n1. The van der Waals surface area contributed by atoms with Crippen LogP contribution in [-0.4, -0.2) is 44.3 Å². The molecule has 0 aliphatic carbocycles. The lowest BCUT2D eigenvalue weighted by atomic mass is 10.2. The van der Waals surface area contributed by atoms with Gasteiger partial charge in [0.25, 0.3) is 0 Å². The Hall–Kier alpha value is -2.41. The van der Waals surface area contributed by atoms with Gasteiger partial charge in [0.1, 0.15) is 17.4 Å². The standard InChI is InChI=1S/C17H22N6O/c1-12-20-16(13-10-19-22(2)17(13)21-12)18-11-14(15-6-5-9-24-15)23-7-3-4-8-23/h5-6,9-10,14H,3-4,7-8,11H2,1-2H3,(H,18,20,21)/t14-/m1/s1. The van der Waals surface area contributed by atoms with E-state index in [1.165, 1.54) is 12.8 Å². The molecule has 1 fully saturated rings. The zero-order chi connectivity index (χ0) is 16.5. The molecule has 1 aliphatic rings. The van der Waals surface area contributed by atoms with Crippen LogP contribution in [0.1, 0.15) is 30.5 Å². The highest BCUT2D eigenvalue weighted by molar-refractivity contribution is 5.86. The third-order valence-corrected chi connectivity index (χ3v) is 4.62. The van der Waals surface area contributed by atoms with E-state index in [4.69, 9.17) is 4.42 Å². The van der Waals surface area contributed by atoms with Gasteiger partial charge in [0, 0.05) is 13.6 Å². The molecule has 4 rings (SSSR count). The van der Waals surface area contributed by atoms with Crippen LogP contribution in [-0.2, 0) is 7.05 Å². The zero-order valence-electron chi connectivity index (χ0n) is 14.1. The molecule has 3 aromatic heterocycles. The van der Waals surface area contributed by atoms with Crippen LogP contribution in [0.15, 0.2) is 29.0 Å². The van der Waals surface area contributed by atoms with Gasteiger partial charge in [0.2, 0.25) is 0 Å². The van der Waals surface area contributed by atoms with Gasteiger partial charge in [-0.25, -0.2) is 9.97 Å². The predicted octanol–water partition coefficient (Wildman–Crippen LogP) is 2.51. The monoisotopic (exact) mass is 326 g/mol. The van der Waals surface area contributed by atoms with Crippen LogP contribution in [0.2, 0.25) is 0 Å². The largest absolute Gasteiger partial charge is 0.468 e. The van der Waals surface area contributed by atoms with Crippen LogP contribution in [0, 0.1) is 6.92 Å². The lowest BCUT2D eigenvalue weighted by molar-refractivity contribution is 0.225. The highest BCUT2D eigenvalue weighted by atomic mass is 16.3. The Morgan fingerprint density at radius 3 is 2.88 bits per heavy atom. The van der Waals surface area contributed by atoms with Crippen molar-refractivity contribution in [2.24, 2.45) is 7.05 Å². The molecular weight excluding hydrogens is 304 g/mol. The normalized spacial score (nSPS) is 16.8. The average molecular weight is 326 g/mol. The first-order valence-electron chi connectivity index (χ1n) is 8.40. The number of rotatable bonds is 5. The number of aromatic nitrogens is 4. The lowest BCUT2D eigenvalue weighted by Crippen LogP contribution is -2.31. The highest BCUT2D eigenvalue weighted by Crippen LogP contribution is 2.27. The fourth-order valence-corrected chi connectivity index (χ4v) is 3.40. The van der Waals surface area contributed by atoms with Crippen molar-refractivity contribution in [3.63, 3.8) is 0 Å². The molecule has 3 aromatic rings. The molecule has 0 spiro atoms. The Morgan fingerprint density at radius 2 is 2.12 bits per heavy atom. The van der Waals surface area contributed by atoms with E-state index in [2.05, 4.69) is 31.3 Å². The molecule has 0 bridgehead atoms. The van der Waals surface area contributed by atoms with Crippen molar-refractivity contribution in [1.29, 1.82) is 0 Å². The molecular formula is C17H22N6O. The van der Waals surface area contributed by atoms with E-state index in [1.54, 1.807) is 10.9 Å². The maximum Gasteiger partial charge on any atom is 0.163 e. The first-order chi connectivity index (χ1) is 11.7. The summed E-state index contributed by atoms with van der Waals surface area (Å²) in [6, 6.07) is 4.21. The van der Waals surface area contributed by atoms with Gasteiger partial charge in [-0.1, -0.05) is 0 Å². The number of hydrogen-bond acceptors (Lipinski definition) is 6. The Morgan fingerprint density at radius 1 is 1.29 bits per heavy atom. The van der Waals surface area contributed by atoms with E-state index in [0.717, 1.165) is 48.1 Å². The van der Waals surface area contributed by atoms with Crippen LogP contribution >= 0.6 is 0 Å². The first-order valence-corrected chi connectivity index (χ1v) is 8.40. The Bertz CT molecular complexity index is 819. The summed E-state index contributed by atoms with van der Waals surface area (Å²) in [5.41, 5.74) is 0.848. The summed E-state index contributed by atoms with van der Waals surface area (Å²) in [6.07, 6.45) is 6.05. The molecule has 126 valence electrons. The molecule has 24 heavy (non-hydrogen) atoms. The van der Waals surface area contributed by atoms with Crippen LogP contribution in [0.4, 0.5) is 5.82 Å². The molecule has 7 nitrogen and oxygen atoms in total. The molecule has 0 aromatic carbocycles. The van der Waals surface area contributed by atoms with Crippen LogP contribution in [0.5, 0.6) is 0 Å². The fraction of sp³-hybridized carbons (Fsp3) is 0.471. The summed E-state index contributed by atoms with van der Waals surface area (Å²) >= 11 is 0. The van der Waals surface area contributed by atoms with E-state index >= 15 is 0 Å². The number of fused-ring (bicyclic) bond motifs is 1. The molecule has 1 atom stereocenters. The maximum atomic E-state index is 5.68. The molecule has 0 radical (unpaired) electrons. The zero-order valence-corrected chi connectivity index (χ0v) is 14.1. The second-order valence-electron chi connectivity index (χ2n) is 6.28. The summed E-state index contributed by atoms with van der Waals surface area (Å²) < 4.78 is 7.46. The van der Waals surface area contributed by atoms with E-state index < -0.39 is 0 Å². The van der Waals surface area contributed by atoms with Crippen molar-refractivity contribution in [2.45, 2.75) is 25.8 Å². The number of nitrogens with one attached hydrogen (secondary N) is 1. The maximum absolute atomic E-state index is 5.68. The summed E-state index contributed by atoms with van der Waals surface area (Å²) in [7, 11) is 1.90. The van der Waals surface area contributed by atoms with Crippen molar-refractivity contribution in [1.82, 2.24) is 24.6 Å². The molecule has 1 aliphatic heterocycles. The van der Waals surface area contributed by atoms with Gasteiger partial charge in [0.05, 0.1) is 23.9 Å². The van der Waals surface area contributed by atoms with Crippen molar-refractivity contribution in [2.75, 3.05) is 25.0 Å². The molecule has 0 amide bonds. The Kier molecular flexibility index (Phi) is 3.93. The highest BCUT2D eigenvalue weighted by Gasteiger charge is 2.25. The molecule has 1 saturated heterocycles. The molecule has 4 heterocycles. The van der Waals surface area contributed by atoms with E-state index in [9.17, 15) is 0 Å². The second-order valence-corrected chi connectivity index (χ2v) is 6.28. The summed E-state index contributed by atoms with van der Waals surface area (Å²) in [6.45, 7) is 4.87. The number of hydrogen-bond donors (Lipinski definition) is 1. The van der Waals surface area contributed by atoms with Crippen LogP contribution in [0.25, 0.3) is 11.0 Å². The Labute approximate surface area is 140 Å². The van der Waals surface area contributed by atoms with Gasteiger partial charge in [-0.15, -0.1) is 0 Å². The molecule has 0 unspecified atom stereocenters. The van der Waals surface area contributed by atoms with Crippen molar-refractivity contribution >= 4 is 16.9 Å². The van der Waals surface area contributed by atoms with Gasteiger partial charge < -0.3 is 9.73 Å². The number of aryl methyl sites for hydroxylation is 2. The van der Waals surface area contributed by atoms with Crippen molar-refractivity contribution in [3.8, 4) is 0 Å². The average Bonchev–Trinajstić information content (AvgIpc) is 3.31. The third-order valence-electron chi connectivity index (χ3n) is 4.62. The molecule has 0 saturated carbocycles. The minimum absolute atomic E-state index is 0.212. The Balaban J connectivity index is 1.60. The minimum atomic E-state index is 0.212. The number of nitrogens with zero attached hydrogens (tertiary/aromatic N) is 5. The minimum Gasteiger partial charge on any atom is -0.468 e. The van der Waals surface area contributed by atoms with Gasteiger partial charge >= 0.3 is 0 Å².